The number of rotatable bonds is 2. The first kappa shape index (κ1) is 24.5. The standard InChI is InChI=1S/C27H25F3N4O3/c1-17-16-33(13-14-34(17)26(35)31-19-8-10-20(36-2)11-9-19)25-21-5-3-4-6-23(21)37-24-15-18(27(28,29)30)7-12-22(24)32-25/h3-12,15,17H,13-14,16H2,1-2H3,(H,31,35)/t17-/m0/s1. The summed E-state index contributed by atoms with van der Waals surface area (Å²) in [7, 11) is 1.58. The summed E-state index contributed by atoms with van der Waals surface area (Å²) in [4.78, 5) is 21.5. The van der Waals surface area contributed by atoms with E-state index in [-0.39, 0.29) is 17.8 Å². The number of piperazine rings is 1. The average Bonchev–Trinajstić information content (AvgIpc) is 3.05. The van der Waals surface area contributed by atoms with Gasteiger partial charge in [0.25, 0.3) is 0 Å². The van der Waals surface area contributed by atoms with Gasteiger partial charge in [0.2, 0.25) is 0 Å². The lowest BCUT2D eigenvalue weighted by Gasteiger charge is -2.41. The number of alkyl halides is 3. The molecule has 7 nitrogen and oxygen atoms in total. The maximum atomic E-state index is 13.3. The SMILES string of the molecule is COc1ccc(NC(=O)N2CCN(C3=Nc4ccc(C(F)(F)F)cc4Oc4ccccc43)C[C@@H]2C)cc1. The minimum atomic E-state index is -4.49. The van der Waals surface area contributed by atoms with Crippen molar-refractivity contribution in [3.63, 3.8) is 0 Å². The molecule has 2 aliphatic rings. The lowest BCUT2D eigenvalue weighted by atomic mass is 10.1. The summed E-state index contributed by atoms with van der Waals surface area (Å²) in [5.74, 6) is 1.76. The molecule has 0 aromatic heterocycles. The molecule has 1 atom stereocenters. The molecule has 10 heteroatoms. The van der Waals surface area contributed by atoms with E-state index in [1.54, 1.807) is 48.4 Å². The van der Waals surface area contributed by atoms with Crippen LogP contribution >= 0.6 is 0 Å². The molecular weight excluding hydrogens is 485 g/mol. The fraction of sp³-hybridized carbons (Fsp3) is 0.259. The summed E-state index contributed by atoms with van der Waals surface area (Å²) >= 11 is 0. The van der Waals surface area contributed by atoms with Crippen LogP contribution in [0.25, 0.3) is 0 Å². The molecule has 2 aliphatic heterocycles. The van der Waals surface area contributed by atoms with Crippen molar-refractivity contribution >= 4 is 23.2 Å². The molecule has 1 N–H and O–H groups in total. The fourth-order valence-corrected chi connectivity index (χ4v) is 4.46. The second-order valence-corrected chi connectivity index (χ2v) is 8.86. The van der Waals surface area contributed by atoms with Crippen LogP contribution in [0.5, 0.6) is 17.2 Å². The third kappa shape index (κ3) is 5.04. The Morgan fingerprint density at radius 3 is 2.51 bits per heavy atom. The quantitative estimate of drug-likeness (QED) is 0.450. The van der Waals surface area contributed by atoms with Gasteiger partial charge in [0.05, 0.1) is 18.2 Å². The van der Waals surface area contributed by atoms with Crippen molar-refractivity contribution in [3.8, 4) is 17.2 Å². The molecule has 0 bridgehead atoms. The second-order valence-electron chi connectivity index (χ2n) is 8.86. The highest BCUT2D eigenvalue weighted by atomic mass is 19.4. The van der Waals surface area contributed by atoms with Crippen LogP contribution in [-0.2, 0) is 6.18 Å². The summed E-state index contributed by atoms with van der Waals surface area (Å²) in [6.45, 7) is 3.36. The van der Waals surface area contributed by atoms with Crippen LogP contribution in [0.2, 0.25) is 0 Å². The maximum Gasteiger partial charge on any atom is 0.416 e. The number of amidine groups is 1. The van der Waals surface area contributed by atoms with Gasteiger partial charge in [-0.3, -0.25) is 0 Å². The first-order valence-corrected chi connectivity index (χ1v) is 11.8. The van der Waals surface area contributed by atoms with E-state index in [1.165, 1.54) is 6.07 Å². The molecule has 0 unspecified atom stereocenters. The second kappa shape index (κ2) is 9.68. The van der Waals surface area contributed by atoms with Crippen molar-refractivity contribution in [1.82, 2.24) is 9.80 Å². The molecule has 0 spiro atoms. The van der Waals surface area contributed by atoms with Gasteiger partial charge in [-0.15, -0.1) is 0 Å². The van der Waals surface area contributed by atoms with E-state index in [0.29, 0.717) is 53.9 Å². The lowest BCUT2D eigenvalue weighted by molar-refractivity contribution is -0.137. The molecule has 5 rings (SSSR count). The molecule has 3 aromatic rings. The van der Waals surface area contributed by atoms with Gasteiger partial charge in [-0.2, -0.15) is 13.2 Å². The van der Waals surface area contributed by atoms with Crippen LogP contribution in [0.1, 0.15) is 18.1 Å². The average molecular weight is 511 g/mol. The van der Waals surface area contributed by atoms with Crippen molar-refractivity contribution in [1.29, 1.82) is 0 Å². The number of carbonyl (C=O) groups is 1. The Labute approximate surface area is 212 Å². The number of nitrogens with one attached hydrogen (secondary N) is 1. The van der Waals surface area contributed by atoms with Gasteiger partial charge in [0.15, 0.2) is 5.75 Å². The number of para-hydroxylation sites is 1. The molecule has 1 fully saturated rings. The van der Waals surface area contributed by atoms with Gasteiger partial charge in [-0.25, -0.2) is 9.79 Å². The van der Waals surface area contributed by atoms with E-state index in [9.17, 15) is 18.0 Å². The number of ether oxygens (including phenoxy) is 2. The highest BCUT2D eigenvalue weighted by Gasteiger charge is 2.34. The number of halogens is 3. The highest BCUT2D eigenvalue weighted by molar-refractivity contribution is 6.04. The van der Waals surface area contributed by atoms with E-state index in [2.05, 4.69) is 5.32 Å². The van der Waals surface area contributed by atoms with Crippen molar-refractivity contribution in [2.24, 2.45) is 4.99 Å². The predicted molar refractivity (Wildman–Crippen MR) is 134 cm³/mol. The molecule has 1 saturated heterocycles. The Hall–Kier alpha value is -4.21. The van der Waals surface area contributed by atoms with Gasteiger partial charge in [0, 0.05) is 31.4 Å². The number of hydrogen-bond acceptors (Lipinski definition) is 5. The Morgan fingerprint density at radius 1 is 1.05 bits per heavy atom. The van der Waals surface area contributed by atoms with Crippen molar-refractivity contribution in [3.05, 3.63) is 77.9 Å². The first-order chi connectivity index (χ1) is 17.7. The van der Waals surface area contributed by atoms with Crippen LogP contribution in [0, 0.1) is 0 Å². The maximum absolute atomic E-state index is 13.3. The Bertz CT molecular complexity index is 1340. The molecule has 2 amide bonds. The largest absolute Gasteiger partial charge is 0.497 e. The summed E-state index contributed by atoms with van der Waals surface area (Å²) in [6, 6.07) is 17.2. The molecule has 3 aromatic carbocycles. The number of aliphatic imine (C=N–C) groups is 1. The van der Waals surface area contributed by atoms with Crippen LogP contribution in [-0.4, -0.2) is 54.5 Å². The molecule has 0 radical (unpaired) electrons. The van der Waals surface area contributed by atoms with Gasteiger partial charge in [0.1, 0.15) is 23.0 Å². The number of benzene rings is 3. The predicted octanol–water partition coefficient (Wildman–Crippen LogP) is 6.14. The number of anilines is 1. The molecule has 0 aliphatic carbocycles. The normalized spacial score (nSPS) is 17.1. The summed E-state index contributed by atoms with van der Waals surface area (Å²) in [6.07, 6.45) is -4.49. The molecule has 0 saturated carbocycles. The van der Waals surface area contributed by atoms with E-state index < -0.39 is 11.7 Å². The van der Waals surface area contributed by atoms with Crippen LogP contribution < -0.4 is 14.8 Å². The Kier molecular flexibility index (Phi) is 6.41. The molecular formula is C27H25F3N4O3. The molecule has 192 valence electrons. The van der Waals surface area contributed by atoms with Crippen LogP contribution in [0.4, 0.5) is 29.3 Å². The van der Waals surface area contributed by atoms with Crippen molar-refractivity contribution < 1.29 is 27.4 Å². The van der Waals surface area contributed by atoms with Crippen molar-refractivity contribution in [2.75, 3.05) is 32.1 Å². The van der Waals surface area contributed by atoms with E-state index in [0.717, 1.165) is 12.1 Å². The zero-order valence-corrected chi connectivity index (χ0v) is 20.2. The summed E-state index contributed by atoms with van der Waals surface area (Å²) < 4.78 is 50.9. The van der Waals surface area contributed by atoms with Gasteiger partial charge in [-0.1, -0.05) is 12.1 Å². The van der Waals surface area contributed by atoms with E-state index in [4.69, 9.17) is 14.5 Å². The monoisotopic (exact) mass is 510 g/mol. The summed E-state index contributed by atoms with van der Waals surface area (Å²) in [5.41, 5.74) is 0.851. The zero-order chi connectivity index (χ0) is 26.2. The topological polar surface area (TPSA) is 66.4 Å². The molecule has 2 heterocycles. The number of nitrogens with zero attached hydrogens (tertiary/aromatic N) is 3. The van der Waals surface area contributed by atoms with Crippen LogP contribution in [0.3, 0.4) is 0 Å². The number of fused-ring (bicyclic) bond motifs is 2. The number of urea groups is 1. The van der Waals surface area contributed by atoms with Gasteiger partial charge < -0.3 is 24.6 Å². The third-order valence-electron chi connectivity index (χ3n) is 6.39. The molecule has 37 heavy (non-hydrogen) atoms. The number of methoxy groups -OCH3 is 1. The minimum Gasteiger partial charge on any atom is -0.497 e. The van der Waals surface area contributed by atoms with Crippen molar-refractivity contribution in [2.45, 2.75) is 19.1 Å². The minimum absolute atomic E-state index is 0.0443. The van der Waals surface area contributed by atoms with E-state index >= 15 is 0 Å². The fourth-order valence-electron chi connectivity index (χ4n) is 4.46. The zero-order valence-electron chi connectivity index (χ0n) is 20.2. The Balaban J connectivity index is 1.38. The number of amides is 2. The lowest BCUT2D eigenvalue weighted by Crippen LogP contribution is -2.56. The smallest absolute Gasteiger partial charge is 0.416 e. The summed E-state index contributed by atoms with van der Waals surface area (Å²) in [5, 5.41) is 2.91. The number of carbonyl (C=O) groups excluding carboxylic acids is 1. The third-order valence-corrected chi connectivity index (χ3v) is 6.39. The highest BCUT2D eigenvalue weighted by Crippen LogP contribution is 2.42. The number of hydrogen-bond donors (Lipinski definition) is 1. The van der Waals surface area contributed by atoms with Gasteiger partial charge >= 0.3 is 12.2 Å². The van der Waals surface area contributed by atoms with E-state index in [1.807, 2.05) is 24.0 Å². The van der Waals surface area contributed by atoms with Gasteiger partial charge in [-0.05, 0) is 61.5 Å². The first-order valence-electron chi connectivity index (χ1n) is 11.8. The Morgan fingerprint density at radius 2 is 1.81 bits per heavy atom. The van der Waals surface area contributed by atoms with Crippen LogP contribution in [0.15, 0.2) is 71.7 Å².